The Labute approximate surface area is 150 Å². The number of ether oxygens (including phenoxy) is 2. The highest BCUT2D eigenvalue weighted by Gasteiger charge is 2.18. The van der Waals surface area contributed by atoms with E-state index in [2.05, 4.69) is 0 Å². The van der Waals surface area contributed by atoms with E-state index >= 15 is 0 Å². The second-order valence-electron chi connectivity index (χ2n) is 5.80. The summed E-state index contributed by atoms with van der Waals surface area (Å²) in [5.41, 5.74) is 1.95. The summed E-state index contributed by atoms with van der Waals surface area (Å²) in [4.78, 5) is 0. The van der Waals surface area contributed by atoms with Crippen molar-refractivity contribution in [2.24, 2.45) is 0 Å². The van der Waals surface area contributed by atoms with Crippen LogP contribution in [-0.2, 0) is 22.9 Å². The number of hydrogen-bond donors (Lipinski definition) is 0. The molecule has 0 amide bonds. The number of sulfonamides is 1. The SMILES string of the molecule is COc1cccc(CCS(=O)(=O)N(C)CCc2ccccc2OC)c1. The number of hydrogen-bond acceptors (Lipinski definition) is 4. The summed E-state index contributed by atoms with van der Waals surface area (Å²) in [7, 11) is 1.52. The summed E-state index contributed by atoms with van der Waals surface area (Å²) in [5, 5.41) is 0. The van der Waals surface area contributed by atoms with Crippen LogP contribution in [0.1, 0.15) is 11.1 Å². The van der Waals surface area contributed by atoms with Crippen LogP contribution in [0.3, 0.4) is 0 Å². The molecule has 0 aromatic heterocycles. The minimum atomic E-state index is -3.32. The van der Waals surface area contributed by atoms with E-state index in [9.17, 15) is 8.42 Å². The van der Waals surface area contributed by atoms with Gasteiger partial charge < -0.3 is 9.47 Å². The van der Waals surface area contributed by atoms with Gasteiger partial charge in [0, 0.05) is 13.6 Å². The molecule has 136 valence electrons. The predicted molar refractivity (Wildman–Crippen MR) is 99.8 cm³/mol. The van der Waals surface area contributed by atoms with E-state index in [1.54, 1.807) is 21.3 Å². The minimum absolute atomic E-state index is 0.0720. The lowest BCUT2D eigenvalue weighted by molar-refractivity contribution is 0.406. The van der Waals surface area contributed by atoms with Crippen LogP contribution in [0.5, 0.6) is 11.5 Å². The molecule has 0 N–H and O–H groups in total. The second kappa shape index (κ2) is 8.87. The molecular weight excluding hydrogens is 338 g/mol. The predicted octanol–water partition coefficient (Wildman–Crippen LogP) is 2.75. The van der Waals surface area contributed by atoms with Crippen molar-refractivity contribution in [1.29, 1.82) is 0 Å². The number of benzene rings is 2. The molecule has 0 aliphatic heterocycles. The molecule has 2 rings (SSSR count). The number of likely N-dealkylation sites (N-methyl/N-ethyl adjacent to an activating group) is 1. The molecular formula is C19H25NO4S. The molecule has 0 unspecified atom stereocenters. The maximum atomic E-state index is 12.5. The Morgan fingerprint density at radius 1 is 0.960 bits per heavy atom. The molecule has 0 spiro atoms. The van der Waals surface area contributed by atoms with Gasteiger partial charge >= 0.3 is 0 Å². The molecule has 0 heterocycles. The molecule has 0 saturated carbocycles. The standard InChI is InChI=1S/C19H25NO4S/c1-20(13-11-17-8-4-5-10-19(17)24-3)25(21,22)14-12-16-7-6-9-18(15-16)23-2/h4-10,15H,11-14H2,1-3H3. The highest BCUT2D eigenvalue weighted by Crippen LogP contribution is 2.19. The first kappa shape index (κ1) is 19.3. The Morgan fingerprint density at radius 2 is 1.72 bits per heavy atom. The van der Waals surface area contributed by atoms with Gasteiger partial charge in [-0.2, -0.15) is 0 Å². The molecule has 0 fully saturated rings. The van der Waals surface area contributed by atoms with Gasteiger partial charge in [-0.15, -0.1) is 0 Å². The van der Waals surface area contributed by atoms with Crippen LogP contribution >= 0.6 is 0 Å². The van der Waals surface area contributed by atoms with Crippen LogP contribution in [0, 0.1) is 0 Å². The lowest BCUT2D eigenvalue weighted by Crippen LogP contribution is -2.31. The first-order chi connectivity index (χ1) is 12.0. The lowest BCUT2D eigenvalue weighted by Gasteiger charge is -2.18. The highest BCUT2D eigenvalue weighted by molar-refractivity contribution is 7.89. The molecule has 0 aliphatic rings. The van der Waals surface area contributed by atoms with Gasteiger partial charge in [0.05, 0.1) is 20.0 Å². The molecule has 5 nitrogen and oxygen atoms in total. The second-order valence-corrected chi connectivity index (χ2v) is 8.00. The Balaban J connectivity index is 1.94. The summed E-state index contributed by atoms with van der Waals surface area (Å²) in [6.45, 7) is 0.417. The lowest BCUT2D eigenvalue weighted by atomic mass is 10.1. The van der Waals surface area contributed by atoms with Crippen LogP contribution in [0.25, 0.3) is 0 Å². The zero-order chi connectivity index (χ0) is 18.3. The number of para-hydroxylation sites is 1. The average Bonchev–Trinajstić information content (AvgIpc) is 2.64. The van der Waals surface area contributed by atoms with Crippen LogP contribution in [-0.4, -0.2) is 46.3 Å². The van der Waals surface area contributed by atoms with Gasteiger partial charge in [-0.3, -0.25) is 0 Å². The summed E-state index contributed by atoms with van der Waals surface area (Å²) < 4.78 is 36.9. The summed E-state index contributed by atoms with van der Waals surface area (Å²) in [5.74, 6) is 1.59. The zero-order valence-electron chi connectivity index (χ0n) is 14.9. The van der Waals surface area contributed by atoms with Crippen molar-refractivity contribution >= 4 is 10.0 Å². The largest absolute Gasteiger partial charge is 0.497 e. The number of methoxy groups -OCH3 is 2. The quantitative estimate of drug-likeness (QED) is 0.687. The highest BCUT2D eigenvalue weighted by atomic mass is 32.2. The monoisotopic (exact) mass is 363 g/mol. The number of rotatable bonds is 9. The molecule has 0 bridgehead atoms. The van der Waals surface area contributed by atoms with E-state index in [0.29, 0.717) is 19.4 Å². The van der Waals surface area contributed by atoms with Crippen molar-refractivity contribution in [3.05, 3.63) is 59.7 Å². The minimum Gasteiger partial charge on any atom is -0.497 e. The Morgan fingerprint density at radius 3 is 2.44 bits per heavy atom. The van der Waals surface area contributed by atoms with E-state index in [0.717, 1.165) is 22.6 Å². The van der Waals surface area contributed by atoms with Crippen molar-refractivity contribution in [3.63, 3.8) is 0 Å². The van der Waals surface area contributed by atoms with Crippen molar-refractivity contribution in [3.8, 4) is 11.5 Å². The van der Waals surface area contributed by atoms with Gasteiger partial charge in [0.25, 0.3) is 0 Å². The Bertz CT molecular complexity index is 790. The van der Waals surface area contributed by atoms with E-state index in [1.165, 1.54) is 4.31 Å². The summed E-state index contributed by atoms with van der Waals surface area (Å²) in [6.07, 6.45) is 1.07. The Kier molecular flexibility index (Phi) is 6.84. The maximum absolute atomic E-state index is 12.5. The maximum Gasteiger partial charge on any atom is 0.214 e. The molecule has 2 aromatic carbocycles. The molecule has 25 heavy (non-hydrogen) atoms. The number of aryl methyl sites for hydroxylation is 1. The molecule has 0 aliphatic carbocycles. The molecule has 2 aromatic rings. The van der Waals surface area contributed by atoms with Gasteiger partial charge in [-0.05, 0) is 42.2 Å². The van der Waals surface area contributed by atoms with Crippen molar-refractivity contribution in [2.45, 2.75) is 12.8 Å². The number of nitrogens with zero attached hydrogens (tertiary/aromatic N) is 1. The first-order valence-corrected chi connectivity index (χ1v) is 9.76. The molecule has 6 heteroatoms. The summed E-state index contributed by atoms with van der Waals surface area (Å²) >= 11 is 0. The molecule has 0 radical (unpaired) electrons. The topological polar surface area (TPSA) is 55.8 Å². The smallest absolute Gasteiger partial charge is 0.214 e. The van der Waals surface area contributed by atoms with Crippen LogP contribution in [0.4, 0.5) is 0 Å². The van der Waals surface area contributed by atoms with Gasteiger partial charge in [0.15, 0.2) is 0 Å². The van der Waals surface area contributed by atoms with Crippen LogP contribution < -0.4 is 9.47 Å². The van der Waals surface area contributed by atoms with Gasteiger partial charge in [0.1, 0.15) is 11.5 Å². The third-order valence-corrected chi connectivity index (χ3v) is 6.00. The zero-order valence-corrected chi connectivity index (χ0v) is 15.8. The van der Waals surface area contributed by atoms with E-state index in [4.69, 9.17) is 9.47 Å². The fraction of sp³-hybridized carbons (Fsp3) is 0.368. The molecule has 0 saturated heterocycles. The third kappa shape index (κ3) is 5.47. The third-order valence-electron chi connectivity index (χ3n) is 4.15. The van der Waals surface area contributed by atoms with Crippen LogP contribution in [0.15, 0.2) is 48.5 Å². The summed E-state index contributed by atoms with van der Waals surface area (Å²) in [6, 6.07) is 15.1. The average molecular weight is 363 g/mol. The van der Waals surface area contributed by atoms with E-state index < -0.39 is 10.0 Å². The van der Waals surface area contributed by atoms with Crippen molar-refractivity contribution in [1.82, 2.24) is 4.31 Å². The van der Waals surface area contributed by atoms with Gasteiger partial charge in [-0.25, -0.2) is 12.7 Å². The Hall–Kier alpha value is -2.05. The normalized spacial score (nSPS) is 11.5. The van der Waals surface area contributed by atoms with Gasteiger partial charge in [-0.1, -0.05) is 30.3 Å². The van der Waals surface area contributed by atoms with Gasteiger partial charge in [0.2, 0.25) is 10.0 Å². The fourth-order valence-electron chi connectivity index (χ4n) is 2.56. The van der Waals surface area contributed by atoms with Crippen molar-refractivity contribution < 1.29 is 17.9 Å². The van der Waals surface area contributed by atoms with Crippen molar-refractivity contribution in [2.75, 3.05) is 33.6 Å². The first-order valence-electron chi connectivity index (χ1n) is 8.15. The van der Waals surface area contributed by atoms with E-state index in [1.807, 2.05) is 48.5 Å². The van der Waals surface area contributed by atoms with Crippen LogP contribution in [0.2, 0.25) is 0 Å². The fourth-order valence-corrected chi connectivity index (χ4v) is 3.73. The molecule has 0 atom stereocenters. The van der Waals surface area contributed by atoms with E-state index in [-0.39, 0.29) is 5.75 Å².